The SMILES string of the molecule is COCc1cccc(C=C(CO)C2CCCCC2)c1. The smallest absolute Gasteiger partial charge is 0.0713 e. The molecule has 0 aromatic heterocycles. The molecule has 0 aliphatic heterocycles. The lowest BCUT2D eigenvalue weighted by molar-refractivity contribution is 0.185. The molecule has 0 unspecified atom stereocenters. The van der Waals surface area contributed by atoms with Crippen molar-refractivity contribution in [2.75, 3.05) is 13.7 Å². The molecular formula is C17H24O2. The first-order valence-corrected chi connectivity index (χ1v) is 7.22. The molecule has 0 bridgehead atoms. The van der Waals surface area contributed by atoms with Crippen LogP contribution in [0.15, 0.2) is 29.8 Å². The number of rotatable bonds is 5. The Bertz CT molecular complexity index is 417. The van der Waals surface area contributed by atoms with Gasteiger partial charge in [-0.3, -0.25) is 0 Å². The highest BCUT2D eigenvalue weighted by molar-refractivity contribution is 5.54. The van der Waals surface area contributed by atoms with Crippen molar-refractivity contribution in [2.24, 2.45) is 5.92 Å². The Morgan fingerprint density at radius 1 is 1.32 bits per heavy atom. The first-order valence-electron chi connectivity index (χ1n) is 7.22. The summed E-state index contributed by atoms with van der Waals surface area (Å²) in [6, 6.07) is 8.36. The largest absolute Gasteiger partial charge is 0.392 e. The summed E-state index contributed by atoms with van der Waals surface area (Å²) in [5.74, 6) is 0.574. The third-order valence-electron chi connectivity index (χ3n) is 3.93. The quantitative estimate of drug-likeness (QED) is 0.872. The van der Waals surface area contributed by atoms with Gasteiger partial charge < -0.3 is 9.84 Å². The highest BCUT2D eigenvalue weighted by Gasteiger charge is 2.17. The zero-order valence-corrected chi connectivity index (χ0v) is 11.8. The van der Waals surface area contributed by atoms with Crippen molar-refractivity contribution in [1.29, 1.82) is 0 Å². The van der Waals surface area contributed by atoms with Gasteiger partial charge in [-0.15, -0.1) is 0 Å². The summed E-state index contributed by atoms with van der Waals surface area (Å²) < 4.78 is 5.16. The van der Waals surface area contributed by atoms with Gasteiger partial charge in [-0.25, -0.2) is 0 Å². The summed E-state index contributed by atoms with van der Waals surface area (Å²) in [5.41, 5.74) is 3.54. The summed E-state index contributed by atoms with van der Waals surface area (Å²) in [4.78, 5) is 0. The molecule has 0 spiro atoms. The number of ether oxygens (including phenoxy) is 1. The van der Waals surface area contributed by atoms with E-state index in [9.17, 15) is 5.11 Å². The van der Waals surface area contributed by atoms with Crippen LogP contribution in [-0.4, -0.2) is 18.8 Å². The summed E-state index contributed by atoms with van der Waals surface area (Å²) >= 11 is 0. The Morgan fingerprint density at radius 2 is 2.11 bits per heavy atom. The minimum Gasteiger partial charge on any atom is -0.392 e. The molecule has 2 heteroatoms. The van der Waals surface area contributed by atoms with Crippen LogP contribution in [0.1, 0.15) is 43.2 Å². The van der Waals surface area contributed by atoms with Crippen LogP contribution < -0.4 is 0 Å². The van der Waals surface area contributed by atoms with Crippen LogP contribution in [0, 0.1) is 5.92 Å². The highest BCUT2D eigenvalue weighted by atomic mass is 16.5. The van der Waals surface area contributed by atoms with Gasteiger partial charge >= 0.3 is 0 Å². The molecule has 0 saturated heterocycles. The van der Waals surface area contributed by atoms with Crippen LogP contribution in [0.3, 0.4) is 0 Å². The molecule has 1 aliphatic carbocycles. The molecule has 19 heavy (non-hydrogen) atoms. The minimum absolute atomic E-state index is 0.180. The molecule has 1 fully saturated rings. The van der Waals surface area contributed by atoms with Gasteiger partial charge in [0.2, 0.25) is 0 Å². The second-order valence-corrected chi connectivity index (χ2v) is 5.39. The monoisotopic (exact) mass is 260 g/mol. The Kier molecular flexibility index (Phi) is 5.62. The van der Waals surface area contributed by atoms with Gasteiger partial charge in [0.05, 0.1) is 13.2 Å². The second kappa shape index (κ2) is 7.46. The number of aliphatic hydroxyl groups excluding tert-OH is 1. The predicted molar refractivity (Wildman–Crippen MR) is 78.8 cm³/mol. The lowest BCUT2D eigenvalue weighted by atomic mass is 9.83. The van der Waals surface area contributed by atoms with Crippen LogP contribution in [0.4, 0.5) is 0 Å². The van der Waals surface area contributed by atoms with Crippen molar-refractivity contribution in [3.05, 3.63) is 41.0 Å². The molecule has 0 amide bonds. The lowest BCUT2D eigenvalue weighted by Crippen LogP contribution is -2.11. The molecule has 0 radical (unpaired) electrons. The fourth-order valence-electron chi connectivity index (χ4n) is 2.92. The molecule has 2 rings (SSSR count). The van der Waals surface area contributed by atoms with E-state index in [4.69, 9.17) is 4.74 Å². The van der Waals surface area contributed by atoms with E-state index < -0.39 is 0 Å². The molecule has 0 atom stereocenters. The third-order valence-corrected chi connectivity index (χ3v) is 3.93. The van der Waals surface area contributed by atoms with E-state index in [0.717, 1.165) is 0 Å². The Balaban J connectivity index is 2.14. The fourth-order valence-corrected chi connectivity index (χ4v) is 2.92. The average molecular weight is 260 g/mol. The summed E-state index contributed by atoms with van der Waals surface area (Å²) in [5, 5.41) is 9.62. The third kappa shape index (κ3) is 4.19. The van der Waals surface area contributed by atoms with Crippen LogP contribution >= 0.6 is 0 Å². The van der Waals surface area contributed by atoms with Crippen LogP contribution in [0.2, 0.25) is 0 Å². The van der Waals surface area contributed by atoms with Gasteiger partial charge in [-0.2, -0.15) is 0 Å². The van der Waals surface area contributed by atoms with Gasteiger partial charge in [0.15, 0.2) is 0 Å². The van der Waals surface area contributed by atoms with Crippen molar-refractivity contribution < 1.29 is 9.84 Å². The molecule has 2 nitrogen and oxygen atoms in total. The number of benzene rings is 1. The molecule has 0 heterocycles. The maximum Gasteiger partial charge on any atom is 0.0713 e. The predicted octanol–water partition coefficient (Wildman–Crippen LogP) is 3.79. The van der Waals surface area contributed by atoms with Crippen LogP contribution in [-0.2, 0) is 11.3 Å². The molecule has 1 N–H and O–H groups in total. The minimum atomic E-state index is 0.180. The van der Waals surface area contributed by atoms with E-state index >= 15 is 0 Å². The molecule has 1 aliphatic rings. The van der Waals surface area contributed by atoms with E-state index in [0.29, 0.717) is 12.5 Å². The maximum absolute atomic E-state index is 9.62. The molecule has 1 saturated carbocycles. The zero-order chi connectivity index (χ0) is 13.5. The topological polar surface area (TPSA) is 29.5 Å². The lowest BCUT2D eigenvalue weighted by Gasteiger charge is -2.23. The van der Waals surface area contributed by atoms with E-state index in [1.165, 1.54) is 48.8 Å². The van der Waals surface area contributed by atoms with Gasteiger partial charge in [-0.1, -0.05) is 43.5 Å². The van der Waals surface area contributed by atoms with Crippen molar-refractivity contribution >= 4 is 6.08 Å². The van der Waals surface area contributed by atoms with E-state index in [-0.39, 0.29) is 6.61 Å². The van der Waals surface area contributed by atoms with Crippen molar-refractivity contribution in [3.63, 3.8) is 0 Å². The number of methoxy groups -OCH3 is 1. The Morgan fingerprint density at radius 3 is 2.79 bits per heavy atom. The normalized spacial score (nSPS) is 17.7. The first kappa shape index (κ1) is 14.3. The summed E-state index contributed by atoms with van der Waals surface area (Å²) in [7, 11) is 1.71. The van der Waals surface area contributed by atoms with Crippen LogP contribution in [0.5, 0.6) is 0 Å². The highest BCUT2D eigenvalue weighted by Crippen LogP contribution is 2.30. The van der Waals surface area contributed by atoms with E-state index in [1.807, 2.05) is 0 Å². The Hall–Kier alpha value is -1.12. The van der Waals surface area contributed by atoms with Crippen molar-refractivity contribution in [2.45, 2.75) is 38.7 Å². The van der Waals surface area contributed by atoms with E-state index in [2.05, 4.69) is 30.3 Å². The molecule has 1 aromatic carbocycles. The van der Waals surface area contributed by atoms with Crippen molar-refractivity contribution in [3.8, 4) is 0 Å². The Labute approximate surface area is 116 Å². The van der Waals surface area contributed by atoms with Crippen LogP contribution in [0.25, 0.3) is 6.08 Å². The van der Waals surface area contributed by atoms with Gasteiger partial charge in [0.25, 0.3) is 0 Å². The second-order valence-electron chi connectivity index (χ2n) is 5.39. The fraction of sp³-hybridized carbons (Fsp3) is 0.529. The number of hydrogen-bond donors (Lipinski definition) is 1. The maximum atomic E-state index is 9.62. The standard InChI is InChI=1S/C17H24O2/c1-19-13-15-7-5-6-14(10-15)11-17(12-18)16-8-3-2-4-9-16/h5-7,10-11,16,18H,2-4,8-9,12-13H2,1H3. The molecule has 1 aromatic rings. The van der Waals surface area contributed by atoms with Gasteiger partial charge in [0, 0.05) is 7.11 Å². The average Bonchev–Trinajstić information content (AvgIpc) is 2.46. The number of aliphatic hydroxyl groups is 1. The van der Waals surface area contributed by atoms with Gasteiger partial charge in [-0.05, 0) is 41.5 Å². The van der Waals surface area contributed by atoms with Gasteiger partial charge in [0.1, 0.15) is 0 Å². The molecular weight excluding hydrogens is 236 g/mol. The van der Waals surface area contributed by atoms with Crippen molar-refractivity contribution in [1.82, 2.24) is 0 Å². The first-order chi connectivity index (χ1) is 9.33. The summed E-state index contributed by atoms with van der Waals surface area (Å²) in [6.07, 6.45) is 8.55. The molecule has 104 valence electrons. The zero-order valence-electron chi connectivity index (χ0n) is 11.8. The van der Waals surface area contributed by atoms with E-state index in [1.54, 1.807) is 7.11 Å². The number of hydrogen-bond acceptors (Lipinski definition) is 2. The summed E-state index contributed by atoms with van der Waals surface area (Å²) in [6.45, 7) is 0.818.